The molecule has 1 aromatic carbocycles. The van der Waals surface area contributed by atoms with Crippen LogP contribution in [-0.4, -0.2) is 62.7 Å². The van der Waals surface area contributed by atoms with Crippen molar-refractivity contribution in [2.75, 3.05) is 52.9 Å². The molecule has 0 spiro atoms. The molecule has 0 unspecified atom stereocenters. The summed E-state index contributed by atoms with van der Waals surface area (Å²) in [7, 11) is 2.20. The second-order valence-corrected chi connectivity index (χ2v) is 5.76. The maximum atomic E-state index is 5.52. The molecule has 1 fully saturated rings. The quantitative estimate of drug-likeness (QED) is 0.739. The van der Waals surface area contributed by atoms with Crippen LogP contribution in [0.25, 0.3) is 0 Å². The molecule has 0 radical (unpaired) electrons. The van der Waals surface area contributed by atoms with Crippen LogP contribution in [0.2, 0.25) is 0 Å². The van der Waals surface area contributed by atoms with Gasteiger partial charge in [0.25, 0.3) is 0 Å². The van der Waals surface area contributed by atoms with Crippen molar-refractivity contribution in [1.82, 2.24) is 15.1 Å². The van der Waals surface area contributed by atoms with Gasteiger partial charge in [-0.05, 0) is 51.2 Å². The van der Waals surface area contributed by atoms with E-state index in [-0.39, 0.29) is 0 Å². The standard InChI is InChI=1S/C17H29N3O/c1-3-21-17-7-4-6-16(14-17)15-18-8-5-9-20-12-10-19(2)11-13-20/h4,6-7,14,18H,3,5,8-13,15H2,1-2H3. The van der Waals surface area contributed by atoms with E-state index in [0.717, 1.165) is 25.4 Å². The second kappa shape index (κ2) is 9.03. The Bertz CT molecular complexity index is 403. The Labute approximate surface area is 129 Å². The fraction of sp³-hybridized carbons (Fsp3) is 0.647. The number of hydrogen-bond donors (Lipinski definition) is 1. The minimum atomic E-state index is 0.724. The zero-order valence-electron chi connectivity index (χ0n) is 13.5. The summed E-state index contributed by atoms with van der Waals surface area (Å²) in [6.45, 7) is 10.8. The Kier molecular flexibility index (Phi) is 7.00. The number of likely N-dealkylation sites (N-methyl/N-ethyl adjacent to an activating group) is 1. The van der Waals surface area contributed by atoms with Crippen molar-refractivity contribution >= 4 is 0 Å². The predicted octanol–water partition coefficient (Wildman–Crippen LogP) is 1.81. The number of rotatable bonds is 8. The number of nitrogens with one attached hydrogen (secondary N) is 1. The highest BCUT2D eigenvalue weighted by Gasteiger charge is 2.12. The van der Waals surface area contributed by atoms with Crippen molar-refractivity contribution in [3.05, 3.63) is 29.8 Å². The van der Waals surface area contributed by atoms with E-state index in [4.69, 9.17) is 4.74 Å². The third kappa shape index (κ3) is 6.04. The van der Waals surface area contributed by atoms with Gasteiger partial charge in [0.15, 0.2) is 0 Å². The van der Waals surface area contributed by atoms with Gasteiger partial charge in [-0.25, -0.2) is 0 Å². The van der Waals surface area contributed by atoms with E-state index in [1.165, 1.54) is 44.7 Å². The lowest BCUT2D eigenvalue weighted by Crippen LogP contribution is -2.45. The van der Waals surface area contributed by atoms with Gasteiger partial charge in [0, 0.05) is 32.7 Å². The molecule has 1 aliphatic heterocycles. The number of nitrogens with zero attached hydrogens (tertiary/aromatic N) is 2. The minimum absolute atomic E-state index is 0.724. The molecule has 2 rings (SSSR count). The van der Waals surface area contributed by atoms with Crippen molar-refractivity contribution in [3.8, 4) is 5.75 Å². The maximum absolute atomic E-state index is 5.52. The predicted molar refractivity (Wildman–Crippen MR) is 87.9 cm³/mol. The second-order valence-electron chi connectivity index (χ2n) is 5.76. The van der Waals surface area contributed by atoms with Crippen molar-refractivity contribution in [2.24, 2.45) is 0 Å². The van der Waals surface area contributed by atoms with E-state index < -0.39 is 0 Å². The van der Waals surface area contributed by atoms with Crippen molar-refractivity contribution in [3.63, 3.8) is 0 Å². The molecule has 1 N–H and O–H groups in total. The van der Waals surface area contributed by atoms with Crippen LogP contribution < -0.4 is 10.1 Å². The van der Waals surface area contributed by atoms with Gasteiger partial charge in [-0.3, -0.25) is 0 Å². The van der Waals surface area contributed by atoms with Crippen LogP contribution in [0.15, 0.2) is 24.3 Å². The van der Waals surface area contributed by atoms with Gasteiger partial charge in [-0.1, -0.05) is 12.1 Å². The molecule has 1 aromatic rings. The largest absolute Gasteiger partial charge is 0.494 e. The topological polar surface area (TPSA) is 27.7 Å². The monoisotopic (exact) mass is 291 g/mol. The van der Waals surface area contributed by atoms with E-state index in [1.54, 1.807) is 0 Å². The molecule has 1 aliphatic rings. The average Bonchev–Trinajstić information content (AvgIpc) is 2.50. The van der Waals surface area contributed by atoms with Crippen LogP contribution in [-0.2, 0) is 6.54 Å². The third-order valence-corrected chi connectivity index (χ3v) is 3.96. The smallest absolute Gasteiger partial charge is 0.119 e. The van der Waals surface area contributed by atoms with Gasteiger partial charge < -0.3 is 19.9 Å². The van der Waals surface area contributed by atoms with Crippen LogP contribution in [0.4, 0.5) is 0 Å². The Hall–Kier alpha value is -1.10. The highest BCUT2D eigenvalue weighted by Crippen LogP contribution is 2.12. The fourth-order valence-electron chi connectivity index (χ4n) is 2.64. The number of benzene rings is 1. The molecule has 0 aliphatic carbocycles. The normalized spacial score (nSPS) is 17.0. The molecule has 0 saturated carbocycles. The van der Waals surface area contributed by atoms with Crippen LogP contribution in [0.3, 0.4) is 0 Å². The Balaban J connectivity index is 1.58. The molecule has 1 heterocycles. The summed E-state index contributed by atoms with van der Waals surface area (Å²) in [6.07, 6.45) is 1.22. The van der Waals surface area contributed by atoms with Crippen molar-refractivity contribution in [2.45, 2.75) is 19.9 Å². The Morgan fingerprint density at radius 1 is 1.19 bits per heavy atom. The van der Waals surface area contributed by atoms with Crippen LogP contribution in [0.5, 0.6) is 5.75 Å². The molecule has 0 aromatic heterocycles. The van der Waals surface area contributed by atoms with Gasteiger partial charge in [0.2, 0.25) is 0 Å². The fourth-order valence-corrected chi connectivity index (χ4v) is 2.64. The van der Waals surface area contributed by atoms with Crippen LogP contribution in [0.1, 0.15) is 18.9 Å². The van der Waals surface area contributed by atoms with Crippen molar-refractivity contribution < 1.29 is 4.74 Å². The van der Waals surface area contributed by atoms with Gasteiger partial charge in [-0.15, -0.1) is 0 Å². The zero-order chi connectivity index (χ0) is 14.9. The van der Waals surface area contributed by atoms with Crippen LogP contribution in [0, 0.1) is 0 Å². The summed E-state index contributed by atoms with van der Waals surface area (Å²) < 4.78 is 5.52. The lowest BCUT2D eigenvalue weighted by molar-refractivity contribution is 0.153. The molecular formula is C17H29N3O. The molecule has 118 valence electrons. The third-order valence-electron chi connectivity index (χ3n) is 3.96. The van der Waals surface area contributed by atoms with E-state index in [2.05, 4.69) is 40.4 Å². The lowest BCUT2D eigenvalue weighted by Gasteiger charge is -2.32. The molecule has 0 amide bonds. The maximum Gasteiger partial charge on any atom is 0.119 e. The lowest BCUT2D eigenvalue weighted by atomic mass is 10.2. The Morgan fingerprint density at radius 3 is 2.76 bits per heavy atom. The summed E-state index contributed by atoms with van der Waals surface area (Å²) in [5.41, 5.74) is 1.29. The Morgan fingerprint density at radius 2 is 2.00 bits per heavy atom. The molecule has 4 heteroatoms. The van der Waals surface area contributed by atoms with Gasteiger partial charge in [0.1, 0.15) is 5.75 Å². The summed E-state index contributed by atoms with van der Waals surface area (Å²) in [4.78, 5) is 4.97. The molecule has 0 atom stereocenters. The molecular weight excluding hydrogens is 262 g/mol. The molecule has 21 heavy (non-hydrogen) atoms. The number of hydrogen-bond acceptors (Lipinski definition) is 4. The van der Waals surface area contributed by atoms with E-state index in [9.17, 15) is 0 Å². The average molecular weight is 291 g/mol. The minimum Gasteiger partial charge on any atom is -0.494 e. The number of piperazine rings is 1. The van der Waals surface area contributed by atoms with Gasteiger partial charge in [0.05, 0.1) is 6.61 Å². The highest BCUT2D eigenvalue weighted by molar-refractivity contribution is 5.28. The molecule has 4 nitrogen and oxygen atoms in total. The van der Waals surface area contributed by atoms with E-state index in [1.807, 2.05) is 13.0 Å². The highest BCUT2D eigenvalue weighted by atomic mass is 16.5. The molecule has 0 bridgehead atoms. The SMILES string of the molecule is CCOc1cccc(CNCCCN2CCN(C)CC2)c1. The van der Waals surface area contributed by atoms with Crippen LogP contribution >= 0.6 is 0 Å². The van der Waals surface area contributed by atoms with Gasteiger partial charge in [-0.2, -0.15) is 0 Å². The van der Waals surface area contributed by atoms with E-state index in [0.29, 0.717) is 0 Å². The van der Waals surface area contributed by atoms with Crippen molar-refractivity contribution in [1.29, 1.82) is 0 Å². The first-order valence-electron chi connectivity index (χ1n) is 8.11. The van der Waals surface area contributed by atoms with Gasteiger partial charge >= 0.3 is 0 Å². The first kappa shape index (κ1) is 16.3. The zero-order valence-corrected chi connectivity index (χ0v) is 13.5. The number of ether oxygens (including phenoxy) is 1. The van der Waals surface area contributed by atoms with E-state index >= 15 is 0 Å². The summed E-state index contributed by atoms with van der Waals surface area (Å²) >= 11 is 0. The summed E-state index contributed by atoms with van der Waals surface area (Å²) in [5.74, 6) is 0.967. The molecule has 1 saturated heterocycles. The summed E-state index contributed by atoms with van der Waals surface area (Å²) in [6, 6.07) is 8.35. The summed E-state index contributed by atoms with van der Waals surface area (Å²) in [5, 5.41) is 3.53. The first-order chi connectivity index (χ1) is 10.3. The first-order valence-corrected chi connectivity index (χ1v) is 8.11.